The van der Waals surface area contributed by atoms with Gasteiger partial charge in [-0.25, -0.2) is 16.8 Å². The van der Waals surface area contributed by atoms with Crippen molar-refractivity contribution in [2.75, 3.05) is 21.5 Å². The zero-order valence-corrected chi connectivity index (χ0v) is 24.5. The van der Waals surface area contributed by atoms with Gasteiger partial charge in [-0.3, -0.25) is 9.97 Å². The second-order valence-electron chi connectivity index (χ2n) is 10.3. The number of para-hydroxylation sites is 1. The predicted molar refractivity (Wildman–Crippen MR) is 163 cm³/mol. The molecule has 2 aromatic heterocycles. The lowest BCUT2D eigenvalue weighted by atomic mass is 9.86. The quantitative estimate of drug-likeness (QED) is 0.256. The van der Waals surface area contributed by atoms with Crippen molar-refractivity contribution < 1.29 is 16.8 Å². The summed E-state index contributed by atoms with van der Waals surface area (Å²) in [4.78, 5) is 8.96. The molecular formula is C30H27N5O4S2. The van der Waals surface area contributed by atoms with Gasteiger partial charge in [0.1, 0.15) is 5.69 Å². The standard InChI is InChI=1S/C30H27N5O4S2/c1-30(2,19-31)23-10-12-24(13-11-23)34-29-25-16-20(22-15-21-7-5-6-8-26(21)32-17-22)9-14-27(25)33-18-28(29)35(40(3,36)37)41(4,38)39/h5-18H,1-4H3,(H,33,34). The lowest BCUT2D eigenvalue weighted by Gasteiger charge is -2.24. The second kappa shape index (κ2) is 10.1. The molecule has 0 aliphatic rings. The normalized spacial score (nSPS) is 12.3. The first-order valence-corrected chi connectivity index (χ1v) is 16.2. The largest absolute Gasteiger partial charge is 0.353 e. The number of sulfonamides is 2. The van der Waals surface area contributed by atoms with Crippen LogP contribution < -0.4 is 9.03 Å². The van der Waals surface area contributed by atoms with E-state index in [9.17, 15) is 22.1 Å². The Morgan fingerprint density at radius 3 is 2.12 bits per heavy atom. The van der Waals surface area contributed by atoms with E-state index in [4.69, 9.17) is 0 Å². The van der Waals surface area contributed by atoms with E-state index in [1.165, 1.54) is 6.20 Å². The topological polar surface area (TPSA) is 133 Å². The van der Waals surface area contributed by atoms with Crippen molar-refractivity contribution >= 4 is 58.9 Å². The van der Waals surface area contributed by atoms with Gasteiger partial charge in [0, 0.05) is 28.2 Å². The Balaban J connectivity index is 1.74. The van der Waals surface area contributed by atoms with Gasteiger partial charge in [0.2, 0.25) is 20.0 Å². The minimum atomic E-state index is -4.26. The number of pyridine rings is 2. The van der Waals surface area contributed by atoms with E-state index in [-0.39, 0.29) is 11.4 Å². The van der Waals surface area contributed by atoms with Crippen molar-refractivity contribution in [3.8, 4) is 17.2 Å². The van der Waals surface area contributed by atoms with Crippen LogP contribution in [0.1, 0.15) is 19.4 Å². The molecule has 0 amide bonds. The minimum absolute atomic E-state index is 0.141. The zero-order chi connectivity index (χ0) is 29.6. The maximum Gasteiger partial charge on any atom is 0.245 e. The Morgan fingerprint density at radius 2 is 1.46 bits per heavy atom. The van der Waals surface area contributed by atoms with Gasteiger partial charge in [-0.2, -0.15) is 8.97 Å². The highest BCUT2D eigenvalue weighted by molar-refractivity contribution is 8.09. The molecule has 1 N–H and O–H groups in total. The highest BCUT2D eigenvalue weighted by Gasteiger charge is 2.31. The molecule has 0 saturated carbocycles. The molecule has 5 aromatic rings. The molecular weight excluding hydrogens is 558 g/mol. The molecule has 0 aliphatic carbocycles. The van der Waals surface area contributed by atoms with Crippen molar-refractivity contribution in [2.24, 2.45) is 0 Å². The lowest BCUT2D eigenvalue weighted by molar-refractivity contribution is 0.590. The number of nitriles is 1. The van der Waals surface area contributed by atoms with Gasteiger partial charge in [0.25, 0.3) is 0 Å². The third kappa shape index (κ3) is 5.57. The van der Waals surface area contributed by atoms with Crippen LogP contribution in [0.25, 0.3) is 32.9 Å². The number of aromatic nitrogens is 2. The van der Waals surface area contributed by atoms with Crippen molar-refractivity contribution in [1.82, 2.24) is 9.97 Å². The van der Waals surface area contributed by atoms with Crippen LogP contribution in [0.4, 0.5) is 17.1 Å². The van der Waals surface area contributed by atoms with Crippen LogP contribution in [-0.2, 0) is 25.5 Å². The molecule has 0 aliphatic heterocycles. The summed E-state index contributed by atoms with van der Waals surface area (Å²) in [5.74, 6) is 0. The number of nitrogens with one attached hydrogen (secondary N) is 1. The van der Waals surface area contributed by atoms with Crippen LogP contribution in [0.5, 0.6) is 0 Å². The Labute approximate surface area is 239 Å². The summed E-state index contributed by atoms with van der Waals surface area (Å²) in [5.41, 5.74) is 3.75. The number of hydrogen-bond donors (Lipinski definition) is 1. The number of fused-ring (bicyclic) bond motifs is 2. The van der Waals surface area contributed by atoms with Crippen molar-refractivity contribution in [3.63, 3.8) is 0 Å². The Kier molecular flexibility index (Phi) is 6.93. The maximum absolute atomic E-state index is 12.8. The van der Waals surface area contributed by atoms with E-state index < -0.39 is 25.5 Å². The molecule has 0 unspecified atom stereocenters. The average molecular weight is 586 g/mol. The van der Waals surface area contributed by atoms with Crippen molar-refractivity contribution in [1.29, 1.82) is 5.26 Å². The summed E-state index contributed by atoms with van der Waals surface area (Å²) >= 11 is 0. The Bertz CT molecular complexity index is 2040. The fraction of sp³-hybridized carbons (Fsp3) is 0.167. The van der Waals surface area contributed by atoms with E-state index >= 15 is 0 Å². The van der Waals surface area contributed by atoms with Crippen LogP contribution in [0.3, 0.4) is 0 Å². The van der Waals surface area contributed by atoms with Crippen LogP contribution in [-0.4, -0.2) is 39.3 Å². The molecule has 2 heterocycles. The summed E-state index contributed by atoms with van der Waals surface area (Å²) in [7, 11) is -8.51. The minimum Gasteiger partial charge on any atom is -0.353 e. The van der Waals surface area contributed by atoms with Gasteiger partial charge < -0.3 is 5.32 Å². The van der Waals surface area contributed by atoms with Gasteiger partial charge in [0.15, 0.2) is 0 Å². The van der Waals surface area contributed by atoms with Crippen molar-refractivity contribution in [3.05, 3.63) is 90.8 Å². The molecule has 0 spiro atoms. The molecule has 5 rings (SSSR count). The third-order valence-corrected chi connectivity index (χ3v) is 9.95. The molecule has 3 aromatic carbocycles. The van der Waals surface area contributed by atoms with Crippen LogP contribution >= 0.6 is 0 Å². The summed E-state index contributed by atoms with van der Waals surface area (Å²) in [6, 6.07) is 24.6. The average Bonchev–Trinajstić information content (AvgIpc) is 2.92. The van der Waals surface area contributed by atoms with Crippen LogP contribution in [0.2, 0.25) is 0 Å². The monoisotopic (exact) mass is 585 g/mol. The van der Waals surface area contributed by atoms with E-state index in [2.05, 4.69) is 21.4 Å². The SMILES string of the molecule is CC(C)(C#N)c1ccc(Nc2c(N(S(C)(=O)=O)S(C)(=O)=O)cnc3ccc(-c4cnc5ccccc5c4)cc23)cc1. The van der Waals surface area contributed by atoms with Crippen LogP contribution in [0, 0.1) is 11.3 Å². The molecule has 0 bridgehead atoms. The second-order valence-corrected chi connectivity index (χ2v) is 14.2. The molecule has 9 nitrogen and oxygen atoms in total. The van der Waals surface area contributed by atoms with Gasteiger partial charge in [-0.15, -0.1) is 0 Å². The first-order chi connectivity index (χ1) is 19.3. The maximum atomic E-state index is 12.8. The fourth-order valence-electron chi connectivity index (χ4n) is 4.64. The smallest absolute Gasteiger partial charge is 0.245 e. The molecule has 0 radical (unpaired) electrons. The predicted octanol–water partition coefficient (Wildman–Crippen LogP) is 5.72. The molecule has 208 valence electrons. The highest BCUT2D eigenvalue weighted by atomic mass is 32.3. The summed E-state index contributed by atoms with van der Waals surface area (Å²) in [6.07, 6.45) is 4.65. The van der Waals surface area contributed by atoms with Gasteiger partial charge in [-0.05, 0) is 61.4 Å². The lowest BCUT2D eigenvalue weighted by Crippen LogP contribution is -2.35. The summed E-state index contributed by atoms with van der Waals surface area (Å²) in [5, 5.41) is 14.2. The molecule has 41 heavy (non-hydrogen) atoms. The molecule has 11 heteroatoms. The van der Waals surface area contributed by atoms with E-state index in [0.29, 0.717) is 20.3 Å². The number of benzene rings is 3. The number of rotatable bonds is 7. The van der Waals surface area contributed by atoms with Gasteiger partial charge in [0.05, 0.1) is 46.9 Å². The van der Waals surface area contributed by atoms with E-state index in [1.807, 2.05) is 56.3 Å². The third-order valence-electron chi connectivity index (χ3n) is 6.73. The van der Waals surface area contributed by atoms with E-state index in [1.54, 1.807) is 36.5 Å². The molecule has 0 saturated heterocycles. The summed E-state index contributed by atoms with van der Waals surface area (Å²) < 4.78 is 51.5. The zero-order valence-electron chi connectivity index (χ0n) is 22.8. The number of anilines is 3. The molecule has 0 fully saturated rings. The summed E-state index contributed by atoms with van der Waals surface area (Å²) in [6.45, 7) is 3.62. The first kappa shape index (κ1) is 28.0. The Hall–Kier alpha value is -4.53. The highest BCUT2D eigenvalue weighted by Crippen LogP contribution is 2.39. The van der Waals surface area contributed by atoms with Gasteiger partial charge >= 0.3 is 0 Å². The Morgan fingerprint density at radius 1 is 0.805 bits per heavy atom. The number of nitrogens with zero attached hydrogens (tertiary/aromatic N) is 4. The van der Waals surface area contributed by atoms with Crippen LogP contribution in [0.15, 0.2) is 85.2 Å². The van der Waals surface area contributed by atoms with Crippen molar-refractivity contribution in [2.45, 2.75) is 19.3 Å². The first-order valence-electron chi connectivity index (χ1n) is 12.6. The number of hydrogen-bond acceptors (Lipinski definition) is 8. The molecule has 0 atom stereocenters. The fourth-order valence-corrected chi connectivity index (χ4v) is 7.60. The van der Waals surface area contributed by atoms with Gasteiger partial charge in [-0.1, -0.05) is 36.4 Å². The van der Waals surface area contributed by atoms with E-state index in [0.717, 1.165) is 40.1 Å².